The van der Waals surface area contributed by atoms with Crippen LogP contribution in [0.4, 0.5) is 5.82 Å². The highest BCUT2D eigenvalue weighted by atomic mass is 16.5. The second-order valence-corrected chi connectivity index (χ2v) is 5.73. The third kappa shape index (κ3) is 5.35. The standard InChI is InChI=1S/C18H25N3O/c1-4-16-20-17(12-18(21-16)22-13-14(2)3)19-11-10-15-8-6-5-7-9-15/h5-9,12,14H,4,10-11,13H2,1-3H3,(H,19,20,21). The molecule has 4 nitrogen and oxygen atoms in total. The van der Waals surface area contributed by atoms with Crippen LogP contribution in [-0.4, -0.2) is 23.1 Å². The highest BCUT2D eigenvalue weighted by Crippen LogP contribution is 2.15. The Balaban J connectivity index is 1.95. The van der Waals surface area contributed by atoms with E-state index in [2.05, 4.69) is 60.3 Å². The predicted molar refractivity (Wildman–Crippen MR) is 90.4 cm³/mol. The van der Waals surface area contributed by atoms with E-state index in [0.717, 1.165) is 31.0 Å². The van der Waals surface area contributed by atoms with E-state index in [0.29, 0.717) is 18.4 Å². The molecule has 0 saturated carbocycles. The number of nitrogens with zero attached hydrogens (tertiary/aromatic N) is 2. The lowest BCUT2D eigenvalue weighted by molar-refractivity contribution is 0.260. The van der Waals surface area contributed by atoms with Crippen LogP contribution in [-0.2, 0) is 12.8 Å². The molecule has 0 fully saturated rings. The topological polar surface area (TPSA) is 47.0 Å². The fourth-order valence-corrected chi connectivity index (χ4v) is 2.03. The Morgan fingerprint density at radius 2 is 1.91 bits per heavy atom. The van der Waals surface area contributed by atoms with Crippen molar-refractivity contribution in [3.05, 3.63) is 47.8 Å². The van der Waals surface area contributed by atoms with Crippen molar-refractivity contribution in [3.63, 3.8) is 0 Å². The van der Waals surface area contributed by atoms with Gasteiger partial charge < -0.3 is 10.1 Å². The number of hydrogen-bond donors (Lipinski definition) is 1. The maximum absolute atomic E-state index is 5.72. The van der Waals surface area contributed by atoms with E-state index in [-0.39, 0.29) is 0 Å². The van der Waals surface area contributed by atoms with Crippen molar-refractivity contribution < 1.29 is 4.74 Å². The Hall–Kier alpha value is -2.10. The zero-order valence-corrected chi connectivity index (χ0v) is 13.7. The van der Waals surface area contributed by atoms with E-state index in [1.165, 1.54) is 5.56 Å². The van der Waals surface area contributed by atoms with Crippen LogP contribution in [0.2, 0.25) is 0 Å². The summed E-state index contributed by atoms with van der Waals surface area (Å²) >= 11 is 0. The van der Waals surface area contributed by atoms with Gasteiger partial charge in [0.05, 0.1) is 6.61 Å². The quantitative estimate of drug-likeness (QED) is 0.807. The molecule has 0 aliphatic carbocycles. The molecule has 0 unspecified atom stereocenters. The van der Waals surface area contributed by atoms with Gasteiger partial charge in [0.25, 0.3) is 0 Å². The number of benzene rings is 1. The van der Waals surface area contributed by atoms with Gasteiger partial charge in [-0.2, -0.15) is 4.98 Å². The van der Waals surface area contributed by atoms with E-state index < -0.39 is 0 Å². The van der Waals surface area contributed by atoms with Gasteiger partial charge in [-0.05, 0) is 17.9 Å². The smallest absolute Gasteiger partial charge is 0.218 e. The highest BCUT2D eigenvalue weighted by Gasteiger charge is 2.05. The number of ether oxygens (including phenoxy) is 1. The molecular formula is C18H25N3O. The van der Waals surface area contributed by atoms with Crippen molar-refractivity contribution in [2.45, 2.75) is 33.6 Å². The van der Waals surface area contributed by atoms with Crippen LogP contribution in [0.1, 0.15) is 32.2 Å². The summed E-state index contributed by atoms with van der Waals surface area (Å²) in [4.78, 5) is 8.92. The summed E-state index contributed by atoms with van der Waals surface area (Å²) in [5.41, 5.74) is 1.32. The Morgan fingerprint density at radius 1 is 1.14 bits per heavy atom. The lowest BCUT2D eigenvalue weighted by atomic mass is 10.1. The predicted octanol–water partition coefficient (Wildman–Crippen LogP) is 3.73. The number of hydrogen-bond acceptors (Lipinski definition) is 4. The molecule has 4 heteroatoms. The fraction of sp³-hybridized carbons (Fsp3) is 0.444. The SMILES string of the molecule is CCc1nc(NCCc2ccccc2)cc(OCC(C)C)n1. The van der Waals surface area contributed by atoms with Gasteiger partial charge in [0, 0.05) is 19.0 Å². The first-order valence-corrected chi connectivity index (χ1v) is 7.96. The molecule has 0 atom stereocenters. The Bertz CT molecular complexity index is 570. The van der Waals surface area contributed by atoms with Crippen LogP contribution >= 0.6 is 0 Å². The van der Waals surface area contributed by atoms with Crippen molar-refractivity contribution in [1.29, 1.82) is 0 Å². The van der Waals surface area contributed by atoms with Crippen LogP contribution in [0.5, 0.6) is 5.88 Å². The number of anilines is 1. The van der Waals surface area contributed by atoms with Crippen molar-refractivity contribution in [3.8, 4) is 5.88 Å². The van der Waals surface area contributed by atoms with Gasteiger partial charge in [-0.15, -0.1) is 0 Å². The average molecular weight is 299 g/mol. The fourth-order valence-electron chi connectivity index (χ4n) is 2.03. The van der Waals surface area contributed by atoms with Gasteiger partial charge >= 0.3 is 0 Å². The van der Waals surface area contributed by atoms with Crippen molar-refractivity contribution in [2.75, 3.05) is 18.5 Å². The Kier molecular flexibility index (Phi) is 6.19. The number of aromatic nitrogens is 2. The molecule has 118 valence electrons. The van der Waals surface area contributed by atoms with E-state index >= 15 is 0 Å². The highest BCUT2D eigenvalue weighted by molar-refractivity contribution is 5.38. The zero-order chi connectivity index (χ0) is 15.8. The van der Waals surface area contributed by atoms with Gasteiger partial charge in [0.15, 0.2) is 0 Å². The lowest BCUT2D eigenvalue weighted by Gasteiger charge is -2.11. The van der Waals surface area contributed by atoms with E-state index in [4.69, 9.17) is 4.74 Å². The molecule has 22 heavy (non-hydrogen) atoms. The molecule has 0 spiro atoms. The third-order valence-electron chi connectivity index (χ3n) is 3.19. The van der Waals surface area contributed by atoms with Gasteiger partial charge in [0.1, 0.15) is 11.6 Å². The lowest BCUT2D eigenvalue weighted by Crippen LogP contribution is -2.11. The van der Waals surface area contributed by atoms with Gasteiger partial charge in [-0.1, -0.05) is 51.1 Å². The molecule has 0 bridgehead atoms. The summed E-state index contributed by atoms with van der Waals surface area (Å²) < 4.78 is 5.72. The number of nitrogens with one attached hydrogen (secondary N) is 1. The largest absolute Gasteiger partial charge is 0.477 e. The molecule has 2 rings (SSSR count). The monoisotopic (exact) mass is 299 g/mol. The molecule has 1 aromatic heterocycles. The number of aryl methyl sites for hydroxylation is 1. The molecule has 1 heterocycles. The molecule has 0 aliphatic rings. The van der Waals surface area contributed by atoms with Crippen LogP contribution < -0.4 is 10.1 Å². The minimum Gasteiger partial charge on any atom is -0.477 e. The summed E-state index contributed by atoms with van der Waals surface area (Å²) in [6.45, 7) is 7.81. The molecule has 0 aliphatic heterocycles. The van der Waals surface area contributed by atoms with Crippen LogP contribution in [0.15, 0.2) is 36.4 Å². The van der Waals surface area contributed by atoms with E-state index in [1.807, 2.05) is 12.1 Å². The third-order valence-corrected chi connectivity index (χ3v) is 3.19. The summed E-state index contributed by atoms with van der Waals surface area (Å²) in [7, 11) is 0. The molecule has 1 aromatic carbocycles. The van der Waals surface area contributed by atoms with E-state index in [9.17, 15) is 0 Å². The first-order chi connectivity index (χ1) is 10.7. The van der Waals surface area contributed by atoms with Gasteiger partial charge in [-0.25, -0.2) is 4.98 Å². The normalized spacial score (nSPS) is 10.7. The number of rotatable bonds is 8. The summed E-state index contributed by atoms with van der Waals surface area (Å²) in [5, 5.41) is 3.36. The maximum atomic E-state index is 5.72. The van der Waals surface area contributed by atoms with Gasteiger partial charge in [0.2, 0.25) is 5.88 Å². The average Bonchev–Trinajstić information content (AvgIpc) is 2.54. The Labute approximate surface area is 133 Å². The van der Waals surface area contributed by atoms with E-state index in [1.54, 1.807) is 0 Å². The molecule has 0 amide bonds. The van der Waals surface area contributed by atoms with Crippen molar-refractivity contribution in [1.82, 2.24) is 9.97 Å². The molecule has 1 N–H and O–H groups in total. The van der Waals surface area contributed by atoms with Crippen molar-refractivity contribution in [2.24, 2.45) is 5.92 Å². The first-order valence-electron chi connectivity index (χ1n) is 7.96. The maximum Gasteiger partial charge on any atom is 0.218 e. The minimum atomic E-state index is 0.481. The molecule has 0 saturated heterocycles. The van der Waals surface area contributed by atoms with Crippen LogP contribution in [0.25, 0.3) is 0 Å². The Morgan fingerprint density at radius 3 is 2.59 bits per heavy atom. The summed E-state index contributed by atoms with van der Waals surface area (Å²) in [6, 6.07) is 12.3. The van der Waals surface area contributed by atoms with Crippen LogP contribution in [0.3, 0.4) is 0 Å². The summed E-state index contributed by atoms with van der Waals surface area (Å²) in [6.07, 6.45) is 1.76. The molecule has 0 radical (unpaired) electrons. The molecular weight excluding hydrogens is 274 g/mol. The zero-order valence-electron chi connectivity index (χ0n) is 13.7. The molecule has 2 aromatic rings. The second kappa shape index (κ2) is 8.37. The minimum absolute atomic E-state index is 0.481. The van der Waals surface area contributed by atoms with Gasteiger partial charge in [-0.3, -0.25) is 0 Å². The second-order valence-electron chi connectivity index (χ2n) is 5.73. The van der Waals surface area contributed by atoms with Crippen LogP contribution in [0, 0.1) is 5.92 Å². The summed E-state index contributed by atoms with van der Waals surface area (Å²) in [5.74, 6) is 2.78. The first kappa shape index (κ1) is 16.3. The van der Waals surface area contributed by atoms with Crippen molar-refractivity contribution >= 4 is 5.82 Å².